The van der Waals surface area contributed by atoms with Gasteiger partial charge in [-0.25, -0.2) is 0 Å². The van der Waals surface area contributed by atoms with Crippen LogP contribution < -0.4 is 5.32 Å². The second-order valence-corrected chi connectivity index (χ2v) is 8.47. The van der Waals surface area contributed by atoms with Gasteiger partial charge in [-0.3, -0.25) is 4.90 Å². The first kappa shape index (κ1) is 21.3. The molecular weight excluding hydrogens is 378 g/mol. The average Bonchev–Trinajstić information content (AvgIpc) is 3.20. The van der Waals surface area contributed by atoms with Crippen molar-refractivity contribution in [3.05, 3.63) is 107 Å². The average molecular weight is 410 g/mol. The van der Waals surface area contributed by atoms with E-state index in [-0.39, 0.29) is 0 Å². The van der Waals surface area contributed by atoms with Gasteiger partial charge in [-0.05, 0) is 61.6 Å². The predicted octanol–water partition coefficient (Wildman–Crippen LogP) is 5.39. The van der Waals surface area contributed by atoms with Gasteiger partial charge in [0.15, 0.2) is 0 Å². The minimum atomic E-state index is 0.603. The minimum Gasteiger partial charge on any atom is -0.310 e. The molecule has 0 unspecified atom stereocenters. The molecule has 1 fully saturated rings. The summed E-state index contributed by atoms with van der Waals surface area (Å²) in [6.45, 7) is 4.34. The van der Waals surface area contributed by atoms with Gasteiger partial charge < -0.3 is 5.32 Å². The van der Waals surface area contributed by atoms with E-state index in [0.29, 0.717) is 6.04 Å². The van der Waals surface area contributed by atoms with Crippen LogP contribution in [0.25, 0.3) is 0 Å². The van der Waals surface area contributed by atoms with Crippen LogP contribution in [0.1, 0.15) is 31.2 Å². The molecule has 0 atom stereocenters. The summed E-state index contributed by atoms with van der Waals surface area (Å²) in [7, 11) is 0. The van der Waals surface area contributed by atoms with Crippen LogP contribution in [-0.4, -0.2) is 30.6 Å². The van der Waals surface area contributed by atoms with E-state index >= 15 is 0 Å². The standard InChI is InChI=1S/C28H31N3/c29-20-23-8-4-10-26(14-12-23)27-11-5-9-24(13-15-27)21-30-28-16-18-31(19-17-28)22-25-6-2-1-3-7-25/h1-3,5-8,10-15,28,30H,4,9,16-19,21-22H2. The van der Waals surface area contributed by atoms with Gasteiger partial charge in [0.1, 0.15) is 0 Å². The van der Waals surface area contributed by atoms with E-state index < -0.39 is 0 Å². The lowest BCUT2D eigenvalue weighted by Gasteiger charge is -2.32. The molecule has 0 bridgehead atoms. The Labute approximate surface area is 186 Å². The largest absolute Gasteiger partial charge is 0.310 e. The van der Waals surface area contributed by atoms with Crippen molar-refractivity contribution in [2.24, 2.45) is 0 Å². The lowest BCUT2D eigenvalue weighted by molar-refractivity contribution is 0.192. The summed E-state index contributed by atoms with van der Waals surface area (Å²) in [5.74, 6) is 0. The minimum absolute atomic E-state index is 0.603. The molecule has 1 aromatic rings. The van der Waals surface area contributed by atoms with Crippen LogP contribution in [-0.2, 0) is 6.54 Å². The van der Waals surface area contributed by atoms with E-state index in [1.54, 1.807) is 0 Å². The molecule has 2 aliphatic carbocycles. The smallest absolute Gasteiger partial charge is 0.0988 e. The molecule has 1 saturated heterocycles. The van der Waals surface area contributed by atoms with E-state index in [4.69, 9.17) is 5.26 Å². The number of hydrogen-bond donors (Lipinski definition) is 1. The SMILES string of the molecule is N#CC1=CCC=C(C2=CC=C(CNC3CCN(Cc4ccccc4)CC3)CC=C2)C=C1. The van der Waals surface area contributed by atoms with Crippen molar-refractivity contribution in [1.29, 1.82) is 5.26 Å². The van der Waals surface area contributed by atoms with Crippen LogP contribution in [0.5, 0.6) is 0 Å². The van der Waals surface area contributed by atoms with Gasteiger partial charge in [-0.2, -0.15) is 5.26 Å². The van der Waals surface area contributed by atoms with E-state index in [1.807, 2.05) is 12.2 Å². The third-order valence-electron chi connectivity index (χ3n) is 6.21. The molecule has 1 heterocycles. The van der Waals surface area contributed by atoms with Crippen molar-refractivity contribution in [3.63, 3.8) is 0 Å². The maximum Gasteiger partial charge on any atom is 0.0988 e. The predicted molar refractivity (Wildman–Crippen MR) is 128 cm³/mol. The molecule has 0 radical (unpaired) electrons. The quantitative estimate of drug-likeness (QED) is 0.685. The lowest BCUT2D eigenvalue weighted by Crippen LogP contribution is -2.42. The molecule has 0 amide bonds. The molecule has 3 nitrogen and oxygen atoms in total. The van der Waals surface area contributed by atoms with Crippen molar-refractivity contribution < 1.29 is 0 Å². The maximum absolute atomic E-state index is 9.10. The Hall–Kier alpha value is -2.93. The second-order valence-electron chi connectivity index (χ2n) is 8.47. The Morgan fingerprint density at radius 1 is 0.968 bits per heavy atom. The van der Waals surface area contributed by atoms with Crippen LogP contribution in [0.4, 0.5) is 0 Å². The van der Waals surface area contributed by atoms with E-state index in [2.05, 4.69) is 83.1 Å². The molecule has 31 heavy (non-hydrogen) atoms. The molecule has 0 aromatic heterocycles. The monoisotopic (exact) mass is 409 g/mol. The molecule has 0 spiro atoms. The summed E-state index contributed by atoms with van der Waals surface area (Å²) in [4.78, 5) is 2.57. The number of hydrogen-bond acceptors (Lipinski definition) is 3. The highest BCUT2D eigenvalue weighted by atomic mass is 15.1. The van der Waals surface area contributed by atoms with Crippen LogP contribution in [0, 0.1) is 11.3 Å². The highest BCUT2D eigenvalue weighted by Crippen LogP contribution is 2.22. The number of likely N-dealkylation sites (tertiary alicyclic amines) is 1. The zero-order chi connectivity index (χ0) is 21.3. The van der Waals surface area contributed by atoms with Crippen LogP contribution in [0.3, 0.4) is 0 Å². The summed E-state index contributed by atoms with van der Waals surface area (Å²) < 4.78 is 0. The molecule has 1 aliphatic heterocycles. The first-order chi connectivity index (χ1) is 15.3. The van der Waals surface area contributed by atoms with E-state index in [9.17, 15) is 0 Å². The van der Waals surface area contributed by atoms with E-state index in [1.165, 1.54) is 35.1 Å². The van der Waals surface area contributed by atoms with E-state index in [0.717, 1.165) is 44.6 Å². The third kappa shape index (κ3) is 6.28. The Kier molecular flexibility index (Phi) is 7.50. The van der Waals surface area contributed by atoms with Crippen LogP contribution in [0.15, 0.2) is 101 Å². The third-order valence-corrected chi connectivity index (χ3v) is 6.21. The van der Waals surface area contributed by atoms with Gasteiger partial charge in [0, 0.05) is 24.7 Å². The van der Waals surface area contributed by atoms with Crippen molar-refractivity contribution in [2.45, 2.75) is 38.3 Å². The first-order valence-electron chi connectivity index (χ1n) is 11.3. The Morgan fingerprint density at radius 2 is 1.81 bits per heavy atom. The normalized spacial score (nSPS) is 20.1. The summed E-state index contributed by atoms with van der Waals surface area (Å²) in [6, 6.07) is 13.6. The highest BCUT2D eigenvalue weighted by Gasteiger charge is 2.19. The van der Waals surface area contributed by atoms with Gasteiger partial charge in [0.2, 0.25) is 0 Å². The lowest BCUT2D eigenvalue weighted by atomic mass is 10.0. The zero-order valence-electron chi connectivity index (χ0n) is 18.1. The van der Waals surface area contributed by atoms with Gasteiger partial charge in [0.25, 0.3) is 0 Å². The summed E-state index contributed by atoms with van der Waals surface area (Å²) in [6.07, 6.45) is 21.3. The number of nitrogens with one attached hydrogen (secondary N) is 1. The first-order valence-corrected chi connectivity index (χ1v) is 11.3. The highest BCUT2D eigenvalue weighted by molar-refractivity contribution is 5.53. The fraction of sp³-hybridized carbons (Fsp3) is 0.321. The van der Waals surface area contributed by atoms with Crippen molar-refractivity contribution in [3.8, 4) is 6.07 Å². The van der Waals surface area contributed by atoms with Gasteiger partial charge in [-0.15, -0.1) is 0 Å². The van der Waals surface area contributed by atoms with Gasteiger partial charge >= 0.3 is 0 Å². The van der Waals surface area contributed by atoms with Gasteiger partial charge in [0.05, 0.1) is 6.07 Å². The van der Waals surface area contributed by atoms with Gasteiger partial charge in [-0.1, -0.05) is 78.4 Å². The fourth-order valence-corrected chi connectivity index (χ4v) is 4.33. The van der Waals surface area contributed by atoms with Crippen LogP contribution in [0.2, 0.25) is 0 Å². The van der Waals surface area contributed by atoms with Crippen molar-refractivity contribution in [1.82, 2.24) is 10.2 Å². The molecular formula is C28H31N3. The Balaban J connectivity index is 1.26. The number of nitrogens with zero attached hydrogens (tertiary/aromatic N) is 2. The van der Waals surface area contributed by atoms with Crippen molar-refractivity contribution >= 4 is 0 Å². The summed E-state index contributed by atoms with van der Waals surface area (Å²) in [5.41, 5.74) is 5.97. The number of allylic oxidation sites excluding steroid dienone is 11. The summed E-state index contributed by atoms with van der Waals surface area (Å²) >= 11 is 0. The topological polar surface area (TPSA) is 39.1 Å². The molecule has 3 heteroatoms. The molecule has 1 aromatic carbocycles. The molecule has 3 aliphatic rings. The number of benzene rings is 1. The Morgan fingerprint density at radius 3 is 2.61 bits per heavy atom. The molecule has 4 rings (SSSR count). The number of rotatable bonds is 6. The zero-order valence-corrected chi connectivity index (χ0v) is 18.1. The number of piperidine rings is 1. The Bertz CT molecular complexity index is 975. The maximum atomic E-state index is 9.10. The molecule has 1 N–H and O–H groups in total. The van der Waals surface area contributed by atoms with Crippen LogP contribution >= 0.6 is 0 Å². The second kappa shape index (κ2) is 10.9. The molecule has 158 valence electrons. The fourth-order valence-electron chi connectivity index (χ4n) is 4.33. The van der Waals surface area contributed by atoms with Crippen molar-refractivity contribution in [2.75, 3.05) is 19.6 Å². The molecule has 0 saturated carbocycles. The summed E-state index contributed by atoms with van der Waals surface area (Å²) in [5, 5.41) is 12.9. The number of nitriles is 1.